The predicted octanol–water partition coefficient (Wildman–Crippen LogP) is 3.05. The molecule has 0 aliphatic carbocycles. The van der Waals surface area contributed by atoms with Gasteiger partial charge in [0.1, 0.15) is 6.04 Å². The highest BCUT2D eigenvalue weighted by Crippen LogP contribution is 2.33. The first-order chi connectivity index (χ1) is 10.7. The SMILES string of the molecule is O=CN1CCCC1C(=O)Nc1cc(OC(F)(F)F)c(F)cc1Br. The summed E-state index contributed by atoms with van der Waals surface area (Å²) in [5.41, 5.74) is -0.0894. The van der Waals surface area contributed by atoms with Crippen molar-refractivity contribution in [2.45, 2.75) is 25.2 Å². The van der Waals surface area contributed by atoms with Gasteiger partial charge in [0.2, 0.25) is 12.3 Å². The molecule has 1 unspecified atom stereocenters. The van der Waals surface area contributed by atoms with Gasteiger partial charge >= 0.3 is 6.36 Å². The number of nitrogens with zero attached hydrogens (tertiary/aromatic N) is 1. The molecule has 1 atom stereocenters. The summed E-state index contributed by atoms with van der Waals surface area (Å²) in [6.45, 7) is 0.425. The van der Waals surface area contributed by atoms with E-state index in [0.717, 1.165) is 12.1 Å². The lowest BCUT2D eigenvalue weighted by atomic mass is 10.2. The van der Waals surface area contributed by atoms with Crippen LogP contribution in [0.25, 0.3) is 0 Å². The third kappa shape index (κ3) is 4.34. The molecule has 0 radical (unpaired) electrons. The van der Waals surface area contributed by atoms with Crippen LogP contribution in [0.4, 0.5) is 23.2 Å². The summed E-state index contributed by atoms with van der Waals surface area (Å²) in [6.07, 6.45) is -3.44. The molecule has 1 saturated heterocycles. The molecule has 23 heavy (non-hydrogen) atoms. The van der Waals surface area contributed by atoms with Crippen molar-refractivity contribution in [1.82, 2.24) is 4.90 Å². The van der Waals surface area contributed by atoms with Crippen LogP contribution in [0.1, 0.15) is 12.8 Å². The van der Waals surface area contributed by atoms with Crippen LogP contribution in [0.5, 0.6) is 5.75 Å². The first kappa shape index (κ1) is 17.5. The van der Waals surface area contributed by atoms with E-state index in [1.807, 2.05) is 0 Å². The Hall–Kier alpha value is -1.84. The number of anilines is 1. The number of ether oxygens (including phenoxy) is 1. The van der Waals surface area contributed by atoms with Gasteiger partial charge in [0.25, 0.3) is 0 Å². The zero-order chi connectivity index (χ0) is 17.2. The summed E-state index contributed by atoms with van der Waals surface area (Å²) in [5, 5.41) is 2.37. The summed E-state index contributed by atoms with van der Waals surface area (Å²) >= 11 is 2.96. The first-order valence-corrected chi connectivity index (χ1v) is 7.27. The lowest BCUT2D eigenvalue weighted by Gasteiger charge is -2.20. The Balaban J connectivity index is 2.20. The molecular weight excluding hydrogens is 388 g/mol. The highest BCUT2D eigenvalue weighted by atomic mass is 79.9. The van der Waals surface area contributed by atoms with Crippen LogP contribution in [0, 0.1) is 5.82 Å². The molecule has 1 aromatic rings. The van der Waals surface area contributed by atoms with Gasteiger partial charge in [-0.3, -0.25) is 9.59 Å². The van der Waals surface area contributed by atoms with Gasteiger partial charge in [-0.1, -0.05) is 0 Å². The minimum atomic E-state index is -5.06. The Labute approximate surface area is 136 Å². The van der Waals surface area contributed by atoms with Crippen LogP contribution < -0.4 is 10.1 Å². The molecule has 0 spiro atoms. The highest BCUT2D eigenvalue weighted by molar-refractivity contribution is 9.10. The maximum atomic E-state index is 13.5. The summed E-state index contributed by atoms with van der Waals surface area (Å²) in [7, 11) is 0. The third-order valence-electron chi connectivity index (χ3n) is 3.24. The quantitative estimate of drug-likeness (QED) is 0.626. The van der Waals surface area contributed by atoms with Crippen LogP contribution in [-0.4, -0.2) is 36.2 Å². The van der Waals surface area contributed by atoms with E-state index >= 15 is 0 Å². The van der Waals surface area contributed by atoms with Gasteiger partial charge in [0.15, 0.2) is 11.6 Å². The van der Waals surface area contributed by atoms with E-state index in [4.69, 9.17) is 0 Å². The molecule has 126 valence electrons. The number of benzene rings is 1. The van der Waals surface area contributed by atoms with Crippen molar-refractivity contribution >= 4 is 33.9 Å². The second kappa shape index (κ2) is 6.73. The first-order valence-electron chi connectivity index (χ1n) is 6.48. The average molecular weight is 399 g/mol. The number of nitrogens with one attached hydrogen (secondary N) is 1. The molecule has 0 aromatic heterocycles. The molecule has 10 heteroatoms. The second-order valence-corrected chi connectivity index (χ2v) is 5.66. The predicted molar refractivity (Wildman–Crippen MR) is 75.2 cm³/mol. The topological polar surface area (TPSA) is 58.6 Å². The van der Waals surface area contributed by atoms with Gasteiger partial charge in [0, 0.05) is 17.1 Å². The zero-order valence-electron chi connectivity index (χ0n) is 11.5. The number of amides is 2. The molecule has 2 amide bonds. The second-order valence-electron chi connectivity index (χ2n) is 4.80. The van der Waals surface area contributed by atoms with Gasteiger partial charge < -0.3 is 15.0 Å². The van der Waals surface area contributed by atoms with Crippen molar-refractivity contribution in [1.29, 1.82) is 0 Å². The Kier molecular flexibility index (Phi) is 5.12. The van der Waals surface area contributed by atoms with E-state index in [1.54, 1.807) is 0 Å². The van der Waals surface area contributed by atoms with Crippen molar-refractivity contribution in [3.8, 4) is 5.75 Å². The van der Waals surface area contributed by atoms with E-state index in [0.29, 0.717) is 25.8 Å². The van der Waals surface area contributed by atoms with E-state index in [1.165, 1.54) is 4.90 Å². The zero-order valence-corrected chi connectivity index (χ0v) is 13.1. The summed E-state index contributed by atoms with van der Waals surface area (Å²) in [4.78, 5) is 24.3. The van der Waals surface area contributed by atoms with Crippen molar-refractivity contribution in [2.24, 2.45) is 0 Å². The minimum absolute atomic E-state index is 0.0496. The van der Waals surface area contributed by atoms with Crippen LogP contribution in [0.15, 0.2) is 16.6 Å². The van der Waals surface area contributed by atoms with Crippen LogP contribution in [0.3, 0.4) is 0 Å². The molecular formula is C13H11BrF4N2O3. The molecule has 0 bridgehead atoms. The van der Waals surface area contributed by atoms with Crippen molar-refractivity contribution in [2.75, 3.05) is 11.9 Å². The maximum absolute atomic E-state index is 13.5. The molecule has 1 N–H and O–H groups in total. The number of alkyl halides is 3. The van der Waals surface area contributed by atoms with Crippen LogP contribution in [-0.2, 0) is 9.59 Å². The third-order valence-corrected chi connectivity index (χ3v) is 3.89. The number of halogens is 5. The fourth-order valence-electron chi connectivity index (χ4n) is 2.24. The maximum Gasteiger partial charge on any atom is 0.573 e. The van der Waals surface area contributed by atoms with Crippen molar-refractivity contribution < 1.29 is 31.9 Å². The summed E-state index contributed by atoms with van der Waals surface area (Å²) in [5.74, 6) is -2.86. The monoisotopic (exact) mass is 398 g/mol. The van der Waals surface area contributed by atoms with Crippen molar-refractivity contribution in [3.05, 3.63) is 22.4 Å². The molecule has 1 fully saturated rings. The lowest BCUT2D eigenvalue weighted by molar-refractivity contribution is -0.275. The van der Waals surface area contributed by atoms with Gasteiger partial charge in [-0.25, -0.2) is 4.39 Å². The molecule has 2 rings (SSSR count). The standard InChI is InChI=1S/C13H11BrF4N2O3/c14-7-4-8(15)11(23-13(16,17)18)5-9(7)19-12(22)10-2-1-3-20(10)6-21/h4-6,10H,1-3H2,(H,19,22). The van der Waals surface area contributed by atoms with Crippen LogP contribution >= 0.6 is 15.9 Å². The number of carbonyl (C=O) groups excluding carboxylic acids is 2. The Morgan fingerprint density at radius 2 is 2.13 bits per heavy atom. The Morgan fingerprint density at radius 3 is 2.74 bits per heavy atom. The van der Waals surface area contributed by atoms with E-state index in [2.05, 4.69) is 26.0 Å². The number of carbonyl (C=O) groups is 2. The minimum Gasteiger partial charge on any atom is -0.403 e. The summed E-state index contributed by atoms with van der Waals surface area (Å²) in [6, 6.07) is 0.768. The smallest absolute Gasteiger partial charge is 0.403 e. The number of hydrogen-bond acceptors (Lipinski definition) is 3. The number of hydrogen-bond donors (Lipinski definition) is 1. The molecule has 1 aliphatic rings. The fraction of sp³-hybridized carbons (Fsp3) is 0.385. The molecule has 0 saturated carbocycles. The van der Waals surface area contributed by atoms with Gasteiger partial charge in [-0.2, -0.15) is 0 Å². The molecule has 5 nitrogen and oxygen atoms in total. The van der Waals surface area contributed by atoms with Gasteiger partial charge in [-0.05, 0) is 34.8 Å². The molecule has 1 aliphatic heterocycles. The Bertz CT molecular complexity index is 624. The molecule has 1 heterocycles. The van der Waals surface area contributed by atoms with E-state index < -0.39 is 29.9 Å². The molecule has 1 aromatic carbocycles. The van der Waals surface area contributed by atoms with Crippen molar-refractivity contribution in [3.63, 3.8) is 0 Å². The number of rotatable bonds is 4. The average Bonchev–Trinajstić information content (AvgIpc) is 2.91. The van der Waals surface area contributed by atoms with Gasteiger partial charge in [-0.15, -0.1) is 13.2 Å². The van der Waals surface area contributed by atoms with Gasteiger partial charge in [0.05, 0.1) is 5.69 Å². The van der Waals surface area contributed by atoms with E-state index in [-0.39, 0.29) is 10.2 Å². The number of likely N-dealkylation sites (tertiary alicyclic amines) is 1. The summed E-state index contributed by atoms with van der Waals surface area (Å²) < 4.78 is 53.8. The Morgan fingerprint density at radius 1 is 1.43 bits per heavy atom. The van der Waals surface area contributed by atoms with E-state index in [9.17, 15) is 27.2 Å². The fourth-order valence-corrected chi connectivity index (χ4v) is 2.66. The largest absolute Gasteiger partial charge is 0.573 e. The van der Waals surface area contributed by atoms with Crippen LogP contribution in [0.2, 0.25) is 0 Å². The highest BCUT2D eigenvalue weighted by Gasteiger charge is 2.33. The lowest BCUT2D eigenvalue weighted by Crippen LogP contribution is -2.38. The normalized spacial score (nSPS) is 18.0.